The first-order valence-corrected chi connectivity index (χ1v) is 11.4. The summed E-state index contributed by atoms with van der Waals surface area (Å²) < 4.78 is 0. The predicted molar refractivity (Wildman–Crippen MR) is 129 cm³/mol. The van der Waals surface area contributed by atoms with Crippen LogP contribution < -0.4 is 0 Å². The first kappa shape index (κ1) is 22.3. The van der Waals surface area contributed by atoms with Crippen LogP contribution in [-0.4, -0.2) is 45.9 Å². The fourth-order valence-electron chi connectivity index (χ4n) is 4.79. The summed E-state index contributed by atoms with van der Waals surface area (Å²) in [4.78, 5) is 16.9. The molecule has 0 amide bonds. The molecule has 4 heteroatoms. The molecule has 1 aliphatic rings. The zero-order valence-electron chi connectivity index (χ0n) is 19.1. The van der Waals surface area contributed by atoms with Crippen molar-refractivity contribution in [2.75, 3.05) is 13.1 Å². The van der Waals surface area contributed by atoms with Crippen molar-refractivity contribution in [3.8, 4) is 5.75 Å². The second kappa shape index (κ2) is 9.68. The van der Waals surface area contributed by atoms with Crippen molar-refractivity contribution in [3.63, 3.8) is 0 Å². The van der Waals surface area contributed by atoms with Gasteiger partial charge in [0.15, 0.2) is 5.78 Å². The van der Waals surface area contributed by atoms with E-state index in [0.717, 1.165) is 36.3 Å². The van der Waals surface area contributed by atoms with Gasteiger partial charge in [-0.25, -0.2) is 0 Å². The third-order valence-electron chi connectivity index (χ3n) is 6.54. The van der Waals surface area contributed by atoms with Gasteiger partial charge in [-0.1, -0.05) is 66.7 Å². The van der Waals surface area contributed by atoms with Crippen LogP contribution in [0.2, 0.25) is 0 Å². The third-order valence-corrected chi connectivity index (χ3v) is 6.54. The summed E-state index contributed by atoms with van der Waals surface area (Å²) in [6.07, 6.45) is 0. The van der Waals surface area contributed by atoms with E-state index >= 15 is 0 Å². The van der Waals surface area contributed by atoms with Gasteiger partial charge in [-0.3, -0.25) is 14.6 Å². The first-order valence-electron chi connectivity index (χ1n) is 11.4. The van der Waals surface area contributed by atoms with Gasteiger partial charge in [0.05, 0.1) is 6.04 Å². The second-order valence-corrected chi connectivity index (χ2v) is 8.99. The monoisotopic (exact) mass is 428 g/mol. The Labute approximate surface area is 191 Å². The molecule has 0 aromatic heterocycles. The van der Waals surface area contributed by atoms with E-state index in [2.05, 4.69) is 72.2 Å². The maximum Gasteiger partial charge on any atom is 0.159 e. The molecule has 1 aliphatic heterocycles. The molecule has 0 aliphatic carbocycles. The van der Waals surface area contributed by atoms with Crippen LogP contribution in [0.5, 0.6) is 5.75 Å². The standard InChI is InChI=1S/C28H32N2O2/c1-20-18-30(21(2)17-29(20)19-23-8-5-4-6-9-23)28(26-10-7-11-27(32)16-26)25-14-12-24(13-15-25)22(3)31/h4-16,20-21,28,32H,17-19H2,1-3H3/t20-,21+,28?/m1/s1. The lowest BCUT2D eigenvalue weighted by Crippen LogP contribution is -2.56. The quantitative estimate of drug-likeness (QED) is 0.543. The maximum atomic E-state index is 11.8. The molecule has 4 rings (SSSR count). The molecule has 3 aromatic carbocycles. The minimum Gasteiger partial charge on any atom is -0.508 e. The lowest BCUT2D eigenvalue weighted by atomic mass is 9.92. The number of phenols is 1. The van der Waals surface area contributed by atoms with Crippen molar-refractivity contribution in [1.29, 1.82) is 0 Å². The van der Waals surface area contributed by atoms with E-state index in [1.54, 1.807) is 13.0 Å². The number of piperazine rings is 1. The molecule has 0 spiro atoms. The molecule has 4 nitrogen and oxygen atoms in total. The fraction of sp³-hybridized carbons (Fsp3) is 0.321. The van der Waals surface area contributed by atoms with E-state index in [-0.39, 0.29) is 17.6 Å². The molecule has 3 atom stereocenters. The van der Waals surface area contributed by atoms with Crippen LogP contribution in [0.25, 0.3) is 0 Å². The van der Waals surface area contributed by atoms with Gasteiger partial charge in [0.1, 0.15) is 5.75 Å². The predicted octanol–water partition coefficient (Wildman–Crippen LogP) is 5.28. The summed E-state index contributed by atoms with van der Waals surface area (Å²) in [6, 6.07) is 26.9. The van der Waals surface area contributed by atoms with Crippen molar-refractivity contribution in [2.24, 2.45) is 0 Å². The summed E-state index contributed by atoms with van der Waals surface area (Å²) in [5.41, 5.74) is 4.26. The van der Waals surface area contributed by atoms with E-state index in [0.29, 0.717) is 12.1 Å². The smallest absolute Gasteiger partial charge is 0.159 e. The van der Waals surface area contributed by atoms with Crippen molar-refractivity contribution in [3.05, 3.63) is 101 Å². The number of Topliss-reactive ketones (excluding diaryl/α,β-unsaturated/α-hetero) is 1. The van der Waals surface area contributed by atoms with Gasteiger partial charge < -0.3 is 5.11 Å². The number of carbonyl (C=O) groups excluding carboxylic acids is 1. The normalized spacial score (nSPS) is 20.7. The Morgan fingerprint density at radius 2 is 1.62 bits per heavy atom. The largest absolute Gasteiger partial charge is 0.508 e. The van der Waals surface area contributed by atoms with E-state index in [1.165, 1.54) is 5.56 Å². The van der Waals surface area contributed by atoms with Gasteiger partial charge in [-0.05, 0) is 49.6 Å². The Morgan fingerprint density at radius 3 is 2.28 bits per heavy atom. The van der Waals surface area contributed by atoms with Gasteiger partial charge in [0.2, 0.25) is 0 Å². The number of rotatable bonds is 6. The molecule has 1 fully saturated rings. The van der Waals surface area contributed by atoms with Crippen LogP contribution in [0.15, 0.2) is 78.9 Å². The summed E-state index contributed by atoms with van der Waals surface area (Å²) in [5.74, 6) is 0.346. The van der Waals surface area contributed by atoms with Gasteiger partial charge >= 0.3 is 0 Å². The van der Waals surface area contributed by atoms with Crippen molar-refractivity contribution < 1.29 is 9.90 Å². The van der Waals surface area contributed by atoms with E-state index in [1.807, 2.05) is 24.3 Å². The molecular formula is C28H32N2O2. The zero-order chi connectivity index (χ0) is 22.7. The SMILES string of the molecule is CC(=O)c1ccc(C(c2cccc(O)c2)N2C[C@@H](C)N(Cc3ccccc3)C[C@@H]2C)cc1. The van der Waals surface area contributed by atoms with Gasteiger partial charge in [-0.2, -0.15) is 0 Å². The third kappa shape index (κ3) is 4.93. The zero-order valence-corrected chi connectivity index (χ0v) is 19.1. The summed E-state index contributed by atoms with van der Waals surface area (Å²) >= 11 is 0. The highest BCUT2D eigenvalue weighted by atomic mass is 16.3. The molecule has 0 radical (unpaired) electrons. The van der Waals surface area contributed by atoms with Crippen LogP contribution >= 0.6 is 0 Å². The molecule has 0 bridgehead atoms. The minimum absolute atomic E-state index is 0.0134. The van der Waals surface area contributed by atoms with Crippen LogP contribution in [-0.2, 0) is 6.54 Å². The van der Waals surface area contributed by atoms with Gasteiger partial charge in [-0.15, -0.1) is 0 Å². The first-order chi connectivity index (χ1) is 15.4. The molecule has 166 valence electrons. The molecule has 1 unspecified atom stereocenters. The topological polar surface area (TPSA) is 43.8 Å². The van der Waals surface area contributed by atoms with Gasteiger partial charge in [0.25, 0.3) is 0 Å². The summed E-state index contributed by atoms with van der Waals surface area (Å²) in [5, 5.41) is 10.2. The summed E-state index contributed by atoms with van der Waals surface area (Å²) in [6.45, 7) is 9.01. The number of carbonyl (C=O) groups is 1. The lowest BCUT2D eigenvalue weighted by Gasteiger charge is -2.47. The molecular weight excluding hydrogens is 396 g/mol. The van der Waals surface area contributed by atoms with E-state index in [4.69, 9.17) is 0 Å². The number of hydrogen-bond acceptors (Lipinski definition) is 4. The van der Waals surface area contributed by atoms with Crippen LogP contribution in [0.1, 0.15) is 53.9 Å². The van der Waals surface area contributed by atoms with Crippen LogP contribution in [0.4, 0.5) is 0 Å². The average Bonchev–Trinajstić information content (AvgIpc) is 2.78. The Hall–Kier alpha value is -2.95. The molecule has 1 heterocycles. The van der Waals surface area contributed by atoms with Crippen molar-refractivity contribution >= 4 is 5.78 Å². The molecule has 1 saturated heterocycles. The van der Waals surface area contributed by atoms with Crippen molar-refractivity contribution in [1.82, 2.24) is 9.80 Å². The van der Waals surface area contributed by atoms with Crippen LogP contribution in [0.3, 0.4) is 0 Å². The van der Waals surface area contributed by atoms with E-state index in [9.17, 15) is 9.90 Å². The van der Waals surface area contributed by atoms with E-state index < -0.39 is 0 Å². The molecule has 1 N–H and O–H groups in total. The number of ketones is 1. The highest BCUT2D eigenvalue weighted by Crippen LogP contribution is 2.35. The lowest BCUT2D eigenvalue weighted by molar-refractivity contribution is 0.0195. The Kier molecular flexibility index (Phi) is 6.73. The number of benzene rings is 3. The molecule has 0 saturated carbocycles. The average molecular weight is 429 g/mol. The highest BCUT2D eigenvalue weighted by molar-refractivity contribution is 5.94. The number of phenolic OH excluding ortho intramolecular Hbond substituents is 1. The number of nitrogens with zero attached hydrogens (tertiary/aromatic N) is 2. The highest BCUT2D eigenvalue weighted by Gasteiger charge is 2.34. The minimum atomic E-state index is 0.0134. The number of aromatic hydroxyl groups is 1. The van der Waals surface area contributed by atoms with Gasteiger partial charge in [0, 0.05) is 37.3 Å². The van der Waals surface area contributed by atoms with Crippen LogP contribution in [0, 0.1) is 0 Å². The Balaban J connectivity index is 1.63. The number of hydrogen-bond donors (Lipinski definition) is 1. The van der Waals surface area contributed by atoms with Crippen molar-refractivity contribution in [2.45, 2.75) is 45.4 Å². The second-order valence-electron chi connectivity index (χ2n) is 8.99. The Morgan fingerprint density at radius 1 is 0.906 bits per heavy atom. The fourth-order valence-corrected chi connectivity index (χ4v) is 4.79. The Bertz CT molecular complexity index is 1050. The summed E-state index contributed by atoms with van der Waals surface area (Å²) in [7, 11) is 0. The molecule has 3 aromatic rings. The molecule has 32 heavy (non-hydrogen) atoms. The maximum absolute atomic E-state index is 11.8.